The van der Waals surface area contributed by atoms with Gasteiger partial charge in [0, 0.05) is 47.8 Å². The molecule has 5 aromatic rings. The van der Waals surface area contributed by atoms with Crippen LogP contribution in [-0.2, 0) is 6.54 Å². The van der Waals surface area contributed by atoms with Crippen molar-refractivity contribution in [2.45, 2.75) is 6.54 Å². The number of hydrogen-bond donors (Lipinski definition) is 1. The first-order valence-corrected chi connectivity index (χ1v) is 11.2. The van der Waals surface area contributed by atoms with Crippen LogP contribution in [0.3, 0.4) is 0 Å². The molecule has 0 spiro atoms. The van der Waals surface area contributed by atoms with Crippen LogP contribution in [0.5, 0.6) is 11.5 Å². The number of thiophene rings is 1. The first kappa shape index (κ1) is 20.8. The molecular formula is C25H21N5O2S. The number of benzene rings is 1. The van der Waals surface area contributed by atoms with Crippen molar-refractivity contribution in [2.24, 2.45) is 0 Å². The van der Waals surface area contributed by atoms with Gasteiger partial charge in [0.05, 0.1) is 19.6 Å². The summed E-state index contributed by atoms with van der Waals surface area (Å²) in [6.45, 7) is 0.591. The van der Waals surface area contributed by atoms with E-state index in [4.69, 9.17) is 19.4 Å². The molecule has 8 heteroatoms. The monoisotopic (exact) mass is 455 g/mol. The van der Waals surface area contributed by atoms with Crippen LogP contribution in [0.2, 0.25) is 0 Å². The van der Waals surface area contributed by atoms with Crippen LogP contribution in [0.4, 0.5) is 5.82 Å². The zero-order valence-electron chi connectivity index (χ0n) is 18.1. The summed E-state index contributed by atoms with van der Waals surface area (Å²) >= 11 is 1.58. The summed E-state index contributed by atoms with van der Waals surface area (Å²) in [6, 6.07) is 13.7. The Morgan fingerprint density at radius 1 is 0.879 bits per heavy atom. The Morgan fingerprint density at radius 2 is 1.70 bits per heavy atom. The Bertz CT molecular complexity index is 1390. The van der Waals surface area contributed by atoms with E-state index in [0.717, 1.165) is 38.3 Å². The molecule has 0 aliphatic heterocycles. The number of fused-ring (bicyclic) bond motifs is 1. The standard InChI is InChI=1S/C25H21N5O2S/c1-31-20-8-7-17(11-21(20)32-2)19-15-33-25-22(19)24(28-13-16-5-3-9-26-12-16)29-23(30-25)18-6-4-10-27-14-18/h3-12,14-15H,13H2,1-2H3,(H,28,29,30). The average Bonchev–Trinajstić information content (AvgIpc) is 3.32. The zero-order chi connectivity index (χ0) is 22.6. The first-order valence-electron chi connectivity index (χ1n) is 10.3. The van der Waals surface area contributed by atoms with E-state index < -0.39 is 0 Å². The highest BCUT2D eigenvalue weighted by Crippen LogP contribution is 2.41. The maximum Gasteiger partial charge on any atom is 0.164 e. The molecule has 0 unspecified atom stereocenters. The topological polar surface area (TPSA) is 82.1 Å². The lowest BCUT2D eigenvalue weighted by atomic mass is 10.0. The van der Waals surface area contributed by atoms with Gasteiger partial charge in [0.1, 0.15) is 10.6 Å². The maximum absolute atomic E-state index is 5.52. The van der Waals surface area contributed by atoms with Crippen LogP contribution in [0, 0.1) is 0 Å². The molecule has 0 saturated heterocycles. The molecule has 33 heavy (non-hydrogen) atoms. The van der Waals surface area contributed by atoms with Crippen LogP contribution in [0.25, 0.3) is 32.7 Å². The van der Waals surface area contributed by atoms with Crippen LogP contribution in [-0.4, -0.2) is 34.2 Å². The number of ether oxygens (including phenoxy) is 2. The molecule has 0 saturated carbocycles. The number of rotatable bonds is 7. The van der Waals surface area contributed by atoms with Crippen molar-refractivity contribution in [2.75, 3.05) is 19.5 Å². The number of methoxy groups -OCH3 is 2. The van der Waals surface area contributed by atoms with Crippen LogP contribution in [0.15, 0.2) is 72.6 Å². The molecule has 0 fully saturated rings. The molecule has 0 radical (unpaired) electrons. The van der Waals surface area contributed by atoms with Crippen molar-refractivity contribution in [3.8, 4) is 34.0 Å². The van der Waals surface area contributed by atoms with Crippen molar-refractivity contribution in [1.29, 1.82) is 0 Å². The van der Waals surface area contributed by atoms with Crippen LogP contribution < -0.4 is 14.8 Å². The summed E-state index contributed by atoms with van der Waals surface area (Å²) in [6.07, 6.45) is 7.12. The fourth-order valence-corrected chi connectivity index (χ4v) is 4.55. The second-order valence-corrected chi connectivity index (χ2v) is 8.11. The summed E-state index contributed by atoms with van der Waals surface area (Å²) < 4.78 is 10.9. The minimum atomic E-state index is 0.591. The maximum atomic E-state index is 5.52. The molecular weight excluding hydrogens is 434 g/mol. The normalized spacial score (nSPS) is 10.8. The van der Waals surface area contributed by atoms with Crippen LogP contribution in [0.1, 0.15) is 5.56 Å². The molecule has 0 bridgehead atoms. The van der Waals surface area contributed by atoms with Gasteiger partial charge >= 0.3 is 0 Å². The zero-order valence-corrected chi connectivity index (χ0v) is 19.0. The van der Waals surface area contributed by atoms with Gasteiger partial charge in [0.15, 0.2) is 17.3 Å². The Labute approximate surface area is 195 Å². The second kappa shape index (κ2) is 9.22. The highest BCUT2D eigenvalue weighted by atomic mass is 32.1. The Morgan fingerprint density at radius 3 is 2.42 bits per heavy atom. The number of pyridine rings is 2. The van der Waals surface area contributed by atoms with E-state index in [1.165, 1.54) is 0 Å². The molecule has 0 aliphatic carbocycles. The van der Waals surface area contributed by atoms with E-state index in [0.29, 0.717) is 23.9 Å². The minimum Gasteiger partial charge on any atom is -0.493 e. The fourth-order valence-electron chi connectivity index (χ4n) is 3.60. The molecule has 7 nitrogen and oxygen atoms in total. The highest BCUT2D eigenvalue weighted by molar-refractivity contribution is 7.17. The summed E-state index contributed by atoms with van der Waals surface area (Å²) in [7, 11) is 3.27. The predicted octanol–water partition coefficient (Wildman–Crippen LogP) is 5.44. The second-order valence-electron chi connectivity index (χ2n) is 7.25. The largest absolute Gasteiger partial charge is 0.493 e. The predicted molar refractivity (Wildman–Crippen MR) is 131 cm³/mol. The van der Waals surface area contributed by atoms with Crippen molar-refractivity contribution in [3.05, 3.63) is 78.2 Å². The average molecular weight is 456 g/mol. The van der Waals surface area contributed by atoms with E-state index in [9.17, 15) is 0 Å². The van der Waals surface area contributed by atoms with Crippen LogP contribution >= 0.6 is 11.3 Å². The quantitative estimate of drug-likeness (QED) is 0.350. The SMILES string of the molecule is COc1ccc(-c2csc3nc(-c4cccnc4)nc(NCc4cccnc4)c23)cc1OC. The highest BCUT2D eigenvalue weighted by Gasteiger charge is 2.18. The molecule has 0 atom stereocenters. The summed E-state index contributed by atoms with van der Waals surface area (Å²) in [4.78, 5) is 19.1. The van der Waals surface area contributed by atoms with Gasteiger partial charge in [-0.2, -0.15) is 0 Å². The third-order valence-electron chi connectivity index (χ3n) is 5.23. The lowest BCUT2D eigenvalue weighted by molar-refractivity contribution is 0.355. The van der Waals surface area contributed by atoms with Gasteiger partial charge < -0.3 is 14.8 Å². The van der Waals surface area contributed by atoms with Gasteiger partial charge in [0.25, 0.3) is 0 Å². The molecule has 4 heterocycles. The van der Waals surface area contributed by atoms with Crippen molar-refractivity contribution >= 4 is 27.4 Å². The van der Waals surface area contributed by atoms with Gasteiger partial charge in [-0.1, -0.05) is 12.1 Å². The van der Waals surface area contributed by atoms with E-state index in [1.54, 1.807) is 44.1 Å². The minimum absolute atomic E-state index is 0.591. The van der Waals surface area contributed by atoms with Crippen molar-refractivity contribution in [3.63, 3.8) is 0 Å². The number of hydrogen-bond acceptors (Lipinski definition) is 8. The number of anilines is 1. The number of aromatic nitrogens is 4. The Kier molecular flexibility index (Phi) is 5.82. The van der Waals surface area contributed by atoms with Crippen molar-refractivity contribution < 1.29 is 9.47 Å². The molecule has 5 rings (SSSR count). The first-order chi connectivity index (χ1) is 16.3. The Hall–Kier alpha value is -4.04. The van der Waals surface area contributed by atoms with Gasteiger partial charge in [-0.15, -0.1) is 11.3 Å². The lowest BCUT2D eigenvalue weighted by Gasteiger charge is -2.12. The molecule has 164 valence electrons. The smallest absolute Gasteiger partial charge is 0.164 e. The third kappa shape index (κ3) is 4.20. The van der Waals surface area contributed by atoms with E-state index in [2.05, 4.69) is 20.7 Å². The fraction of sp³-hybridized carbons (Fsp3) is 0.120. The van der Waals surface area contributed by atoms with E-state index >= 15 is 0 Å². The molecule has 0 aliphatic rings. The van der Waals surface area contributed by atoms with E-state index in [1.807, 2.05) is 48.7 Å². The van der Waals surface area contributed by atoms with Gasteiger partial charge in [-0.05, 0) is 41.5 Å². The summed E-state index contributed by atoms with van der Waals surface area (Å²) in [5.41, 5.74) is 3.96. The van der Waals surface area contributed by atoms with Gasteiger partial charge in [-0.25, -0.2) is 9.97 Å². The Balaban J connectivity index is 1.64. The third-order valence-corrected chi connectivity index (χ3v) is 6.10. The molecule has 1 N–H and O–H groups in total. The van der Waals surface area contributed by atoms with Gasteiger partial charge in [-0.3, -0.25) is 9.97 Å². The summed E-state index contributed by atoms with van der Waals surface area (Å²) in [5.74, 6) is 2.75. The number of nitrogens with zero attached hydrogens (tertiary/aromatic N) is 4. The molecule has 4 aromatic heterocycles. The van der Waals surface area contributed by atoms with E-state index in [-0.39, 0.29) is 0 Å². The lowest BCUT2D eigenvalue weighted by Crippen LogP contribution is -2.04. The molecule has 1 aromatic carbocycles. The van der Waals surface area contributed by atoms with Gasteiger partial charge in [0.2, 0.25) is 0 Å². The number of nitrogens with one attached hydrogen (secondary N) is 1. The van der Waals surface area contributed by atoms with Crippen molar-refractivity contribution in [1.82, 2.24) is 19.9 Å². The molecule has 0 amide bonds. The summed E-state index contributed by atoms with van der Waals surface area (Å²) in [5, 5.41) is 6.56.